The molecule has 0 saturated carbocycles. The van der Waals surface area contributed by atoms with Gasteiger partial charge in [0.05, 0.1) is 21.8 Å². The lowest BCUT2D eigenvalue weighted by Crippen LogP contribution is -2.16. The Morgan fingerprint density at radius 2 is 1.65 bits per heavy atom. The number of carbonyl (C=O) groups excluding carboxylic acids is 2. The van der Waals surface area contributed by atoms with E-state index < -0.39 is 5.97 Å². The number of nitrogens with one attached hydrogen (secondary N) is 1. The summed E-state index contributed by atoms with van der Waals surface area (Å²) in [6.45, 7) is 0. The molecule has 0 radical (unpaired) electrons. The van der Waals surface area contributed by atoms with Crippen molar-refractivity contribution in [2.75, 3.05) is 0 Å². The Bertz CT molecular complexity index is 1300. The van der Waals surface area contributed by atoms with Crippen LogP contribution in [0.15, 0.2) is 77.9 Å². The summed E-state index contributed by atoms with van der Waals surface area (Å²) in [4.78, 5) is 25.0. The van der Waals surface area contributed by atoms with Gasteiger partial charge in [-0.05, 0) is 48.0 Å². The predicted molar refractivity (Wildman–Crippen MR) is 125 cm³/mol. The Labute approximate surface area is 191 Å². The minimum Gasteiger partial charge on any atom is -0.423 e. The summed E-state index contributed by atoms with van der Waals surface area (Å²) >= 11 is 13.6. The highest BCUT2D eigenvalue weighted by atomic mass is 35.5. The normalized spacial score (nSPS) is 11.0. The van der Waals surface area contributed by atoms with Crippen LogP contribution >= 0.6 is 34.5 Å². The number of rotatable bonds is 5. The maximum absolute atomic E-state index is 12.4. The third-order valence-corrected chi connectivity index (χ3v) is 6.31. The number of hydrogen-bond acceptors (Lipinski definition) is 5. The minimum absolute atomic E-state index is 0.289. The summed E-state index contributed by atoms with van der Waals surface area (Å²) in [5.41, 5.74) is 3.48. The number of benzene rings is 3. The second-order valence-electron chi connectivity index (χ2n) is 6.38. The number of nitrogens with zero attached hydrogens (tertiary/aromatic N) is 1. The summed E-state index contributed by atoms with van der Waals surface area (Å²) in [6, 6.07) is 20.9. The van der Waals surface area contributed by atoms with Gasteiger partial charge in [0, 0.05) is 10.1 Å². The number of hydrogen-bond donors (Lipinski definition) is 1. The maximum atomic E-state index is 12.4. The molecular weight excluding hydrogens is 455 g/mol. The molecule has 3 aromatic carbocycles. The quantitative estimate of drug-likeness (QED) is 0.164. The number of ether oxygens (including phenoxy) is 1. The third-order valence-electron chi connectivity index (χ3n) is 4.31. The number of fused-ring (bicyclic) bond motifs is 1. The molecule has 8 heteroatoms. The summed E-state index contributed by atoms with van der Waals surface area (Å²) in [6.07, 6.45) is 1.48. The molecule has 154 valence electrons. The number of hydrazone groups is 1. The van der Waals surface area contributed by atoms with Gasteiger partial charge >= 0.3 is 5.97 Å². The Hall–Kier alpha value is -3.19. The summed E-state index contributed by atoms with van der Waals surface area (Å²) in [7, 11) is 0. The molecule has 0 bridgehead atoms. The van der Waals surface area contributed by atoms with Crippen LogP contribution in [0, 0.1) is 0 Å². The molecule has 0 aliphatic carbocycles. The zero-order chi connectivity index (χ0) is 21.8. The average molecular weight is 469 g/mol. The summed E-state index contributed by atoms with van der Waals surface area (Å²) in [5.74, 6) is -0.560. The van der Waals surface area contributed by atoms with Gasteiger partial charge in [0.25, 0.3) is 5.91 Å². The fraction of sp³-hybridized carbons (Fsp3) is 0. The van der Waals surface area contributed by atoms with Crippen molar-refractivity contribution in [2.24, 2.45) is 5.10 Å². The van der Waals surface area contributed by atoms with E-state index in [1.807, 2.05) is 24.3 Å². The zero-order valence-corrected chi connectivity index (χ0v) is 18.2. The molecule has 31 heavy (non-hydrogen) atoms. The maximum Gasteiger partial charge on any atom is 0.345 e. The van der Waals surface area contributed by atoms with Crippen molar-refractivity contribution >= 4 is 62.7 Å². The molecule has 4 rings (SSSR count). The fourth-order valence-electron chi connectivity index (χ4n) is 2.79. The summed E-state index contributed by atoms with van der Waals surface area (Å²) < 4.78 is 6.26. The molecule has 0 atom stereocenters. The SMILES string of the molecule is O=C(Oc1ccc(/C=N\NC(=O)c2sc3ccccc3c2Cl)cc1)c1ccccc1Cl. The Kier molecular flexibility index (Phi) is 6.32. The zero-order valence-electron chi connectivity index (χ0n) is 15.8. The molecule has 0 spiro atoms. The van der Waals surface area contributed by atoms with Gasteiger partial charge < -0.3 is 4.74 Å². The first-order valence-electron chi connectivity index (χ1n) is 9.10. The van der Waals surface area contributed by atoms with E-state index in [2.05, 4.69) is 10.5 Å². The van der Waals surface area contributed by atoms with Crippen LogP contribution in [0.1, 0.15) is 25.6 Å². The predicted octanol–water partition coefficient (Wildman–Crippen LogP) is 6.19. The molecule has 1 aromatic heterocycles. The summed E-state index contributed by atoms with van der Waals surface area (Å²) in [5, 5.41) is 5.56. The van der Waals surface area contributed by atoms with Crippen molar-refractivity contribution in [1.29, 1.82) is 0 Å². The van der Waals surface area contributed by atoms with E-state index in [1.54, 1.807) is 48.5 Å². The van der Waals surface area contributed by atoms with Gasteiger partial charge in [-0.15, -0.1) is 11.3 Å². The van der Waals surface area contributed by atoms with Crippen LogP contribution < -0.4 is 10.2 Å². The Balaban J connectivity index is 1.38. The standard InChI is InChI=1S/C23H14Cl2N2O3S/c24-18-7-3-1-5-16(18)23(29)30-15-11-9-14(10-12-15)13-26-27-22(28)21-20(25)17-6-2-4-8-19(17)31-21/h1-13H,(H,27,28)/b26-13-. The number of halogens is 2. The Morgan fingerprint density at radius 1 is 0.935 bits per heavy atom. The molecule has 0 aliphatic rings. The molecule has 0 aliphatic heterocycles. The molecule has 1 heterocycles. The second-order valence-corrected chi connectivity index (χ2v) is 8.22. The highest BCUT2D eigenvalue weighted by Crippen LogP contribution is 2.34. The van der Waals surface area contributed by atoms with Gasteiger partial charge in [0.1, 0.15) is 10.6 Å². The van der Waals surface area contributed by atoms with Gasteiger partial charge in [0.2, 0.25) is 0 Å². The largest absolute Gasteiger partial charge is 0.423 e. The molecule has 0 unspecified atom stereocenters. The number of esters is 1. The number of amides is 1. The minimum atomic E-state index is -0.542. The van der Waals surface area contributed by atoms with Crippen molar-refractivity contribution in [2.45, 2.75) is 0 Å². The first kappa shape index (κ1) is 21.1. The van der Waals surface area contributed by atoms with E-state index in [1.165, 1.54) is 17.6 Å². The molecule has 0 saturated heterocycles. The molecular formula is C23H14Cl2N2O3S. The van der Waals surface area contributed by atoms with E-state index in [0.29, 0.717) is 26.2 Å². The number of carbonyl (C=O) groups is 2. The van der Waals surface area contributed by atoms with Gasteiger partial charge in [-0.25, -0.2) is 10.2 Å². The van der Waals surface area contributed by atoms with Crippen LogP contribution in [0.25, 0.3) is 10.1 Å². The van der Waals surface area contributed by atoms with Crippen LogP contribution in [-0.4, -0.2) is 18.1 Å². The van der Waals surface area contributed by atoms with Gasteiger partial charge in [-0.1, -0.05) is 53.5 Å². The second kappa shape index (κ2) is 9.31. The van der Waals surface area contributed by atoms with E-state index >= 15 is 0 Å². The lowest BCUT2D eigenvalue weighted by molar-refractivity contribution is 0.0734. The van der Waals surface area contributed by atoms with Crippen molar-refractivity contribution in [3.63, 3.8) is 0 Å². The van der Waals surface area contributed by atoms with E-state index in [0.717, 1.165) is 10.1 Å². The van der Waals surface area contributed by atoms with Crippen LogP contribution in [-0.2, 0) is 0 Å². The highest BCUT2D eigenvalue weighted by Gasteiger charge is 2.16. The van der Waals surface area contributed by atoms with Crippen LogP contribution in [0.3, 0.4) is 0 Å². The van der Waals surface area contributed by atoms with Crippen molar-refractivity contribution in [1.82, 2.24) is 5.43 Å². The monoisotopic (exact) mass is 468 g/mol. The van der Waals surface area contributed by atoms with Gasteiger partial charge in [-0.2, -0.15) is 5.10 Å². The topological polar surface area (TPSA) is 67.8 Å². The van der Waals surface area contributed by atoms with Crippen molar-refractivity contribution in [3.05, 3.63) is 98.8 Å². The van der Waals surface area contributed by atoms with E-state index in [-0.39, 0.29) is 11.5 Å². The highest BCUT2D eigenvalue weighted by molar-refractivity contribution is 7.21. The Morgan fingerprint density at radius 3 is 2.39 bits per heavy atom. The molecule has 5 nitrogen and oxygen atoms in total. The first-order chi connectivity index (χ1) is 15.0. The van der Waals surface area contributed by atoms with Crippen molar-refractivity contribution < 1.29 is 14.3 Å². The van der Waals surface area contributed by atoms with Crippen molar-refractivity contribution in [3.8, 4) is 5.75 Å². The van der Waals surface area contributed by atoms with Gasteiger partial charge in [0.15, 0.2) is 0 Å². The lowest BCUT2D eigenvalue weighted by atomic mass is 10.2. The first-order valence-corrected chi connectivity index (χ1v) is 10.7. The molecule has 4 aromatic rings. The smallest absolute Gasteiger partial charge is 0.345 e. The number of thiophene rings is 1. The van der Waals surface area contributed by atoms with Crippen LogP contribution in [0.2, 0.25) is 10.0 Å². The molecule has 1 amide bonds. The van der Waals surface area contributed by atoms with Crippen LogP contribution in [0.4, 0.5) is 0 Å². The average Bonchev–Trinajstić information content (AvgIpc) is 3.12. The van der Waals surface area contributed by atoms with Gasteiger partial charge in [-0.3, -0.25) is 4.79 Å². The molecule has 0 fully saturated rings. The molecule has 1 N–H and O–H groups in total. The lowest BCUT2D eigenvalue weighted by Gasteiger charge is -2.05. The van der Waals surface area contributed by atoms with E-state index in [9.17, 15) is 9.59 Å². The fourth-order valence-corrected chi connectivity index (χ4v) is 4.41. The van der Waals surface area contributed by atoms with E-state index in [4.69, 9.17) is 27.9 Å². The third kappa shape index (κ3) is 4.77. The van der Waals surface area contributed by atoms with Crippen LogP contribution in [0.5, 0.6) is 5.75 Å².